The Balaban J connectivity index is 1.91. The Kier molecular flexibility index (Phi) is 4.34. The summed E-state index contributed by atoms with van der Waals surface area (Å²) < 4.78 is 72.1. The zero-order valence-electron chi connectivity index (χ0n) is 13.8. The Morgan fingerprint density at radius 3 is 2.31 bits per heavy atom. The molecule has 6 unspecified atom stereocenters. The number of hydrogen-bond donors (Lipinski definition) is 2. The molecule has 0 saturated carbocycles. The van der Waals surface area contributed by atoms with E-state index in [1.54, 1.807) is 13.8 Å². The second-order valence-corrected chi connectivity index (χ2v) is 8.15. The average molecular weight is 400 g/mol. The Morgan fingerprint density at radius 1 is 1.23 bits per heavy atom. The van der Waals surface area contributed by atoms with Crippen LogP contribution in [0.4, 0.5) is 8.78 Å². The molecule has 0 amide bonds. The van der Waals surface area contributed by atoms with Crippen molar-refractivity contribution in [2.75, 3.05) is 0 Å². The largest absolute Gasteiger partial charge is 0.465 e. The molecule has 2 bridgehead atoms. The lowest BCUT2D eigenvalue weighted by molar-refractivity contribution is -0.178. The first kappa shape index (κ1) is 19.4. The number of aliphatic hydroxyl groups is 1. The van der Waals surface area contributed by atoms with Crippen LogP contribution in [-0.4, -0.2) is 65.3 Å². The average Bonchev–Trinajstić information content (AvgIpc) is 3.16. The Morgan fingerprint density at radius 2 is 1.81 bits per heavy atom. The van der Waals surface area contributed by atoms with Gasteiger partial charge in [0.05, 0.1) is 11.5 Å². The second-order valence-electron chi connectivity index (χ2n) is 6.69. The molecule has 3 fully saturated rings. The fourth-order valence-electron chi connectivity index (χ4n) is 4.12. The van der Waals surface area contributed by atoms with Crippen LogP contribution in [0.3, 0.4) is 0 Å². The SMILES string of the molecule is CCC(O)(CC)C1C2OC3C(OC(=O)C31)C2OC(=O)C(F)(F)S(=O)(=O)O. The molecule has 3 aliphatic rings. The van der Waals surface area contributed by atoms with Crippen molar-refractivity contribution in [2.45, 2.75) is 62.0 Å². The molecule has 0 spiro atoms. The van der Waals surface area contributed by atoms with Crippen LogP contribution in [0.5, 0.6) is 0 Å². The van der Waals surface area contributed by atoms with Gasteiger partial charge in [0.25, 0.3) is 0 Å². The molecule has 3 aliphatic heterocycles. The highest BCUT2D eigenvalue weighted by molar-refractivity contribution is 7.87. The summed E-state index contributed by atoms with van der Waals surface area (Å²) in [6.45, 7) is 3.33. The van der Waals surface area contributed by atoms with E-state index < -0.39 is 69.2 Å². The minimum Gasteiger partial charge on any atom is -0.455 e. The highest BCUT2D eigenvalue weighted by atomic mass is 32.2. The summed E-state index contributed by atoms with van der Waals surface area (Å²) in [5.74, 6) is -4.90. The van der Waals surface area contributed by atoms with Crippen molar-refractivity contribution in [3.8, 4) is 0 Å². The van der Waals surface area contributed by atoms with E-state index >= 15 is 0 Å². The molecule has 3 heterocycles. The Labute approximate surface area is 147 Å². The van der Waals surface area contributed by atoms with Gasteiger partial charge in [-0.1, -0.05) is 13.8 Å². The molecule has 2 N–H and O–H groups in total. The minimum absolute atomic E-state index is 0.219. The Bertz CT molecular complexity index is 733. The number of halogens is 2. The molecular formula is C14H18F2O9S. The number of ether oxygens (including phenoxy) is 3. The summed E-state index contributed by atoms with van der Waals surface area (Å²) in [4.78, 5) is 23.8. The van der Waals surface area contributed by atoms with Crippen molar-refractivity contribution in [1.82, 2.24) is 0 Å². The zero-order chi connectivity index (χ0) is 19.7. The molecule has 3 rings (SSSR count). The molecule has 9 nitrogen and oxygen atoms in total. The maximum Gasteiger partial charge on any atom is 0.465 e. The van der Waals surface area contributed by atoms with Gasteiger partial charge >= 0.3 is 27.3 Å². The van der Waals surface area contributed by atoms with Gasteiger partial charge in [-0.25, -0.2) is 4.79 Å². The molecule has 0 aromatic heterocycles. The van der Waals surface area contributed by atoms with Gasteiger partial charge in [0, 0.05) is 5.92 Å². The van der Waals surface area contributed by atoms with E-state index in [0.717, 1.165) is 0 Å². The summed E-state index contributed by atoms with van der Waals surface area (Å²) >= 11 is 0. The van der Waals surface area contributed by atoms with Crippen molar-refractivity contribution in [1.29, 1.82) is 0 Å². The smallest absolute Gasteiger partial charge is 0.455 e. The van der Waals surface area contributed by atoms with E-state index in [9.17, 15) is 31.9 Å². The van der Waals surface area contributed by atoms with E-state index in [1.165, 1.54) is 0 Å². The van der Waals surface area contributed by atoms with Gasteiger partial charge in [-0.2, -0.15) is 17.2 Å². The molecule has 6 atom stereocenters. The molecular weight excluding hydrogens is 382 g/mol. The molecule has 0 radical (unpaired) electrons. The third kappa shape index (κ3) is 2.46. The molecule has 26 heavy (non-hydrogen) atoms. The van der Waals surface area contributed by atoms with E-state index in [1.807, 2.05) is 0 Å². The van der Waals surface area contributed by atoms with Crippen molar-refractivity contribution >= 4 is 22.1 Å². The number of carbonyl (C=O) groups excluding carboxylic acids is 2. The highest BCUT2D eigenvalue weighted by Crippen LogP contribution is 2.55. The van der Waals surface area contributed by atoms with Crippen LogP contribution in [-0.2, 0) is 33.9 Å². The van der Waals surface area contributed by atoms with Gasteiger partial charge in [-0.05, 0) is 12.8 Å². The van der Waals surface area contributed by atoms with Crippen molar-refractivity contribution in [2.24, 2.45) is 11.8 Å². The lowest BCUT2D eigenvalue weighted by atomic mass is 9.67. The molecule has 3 saturated heterocycles. The second kappa shape index (κ2) is 5.81. The van der Waals surface area contributed by atoms with Gasteiger partial charge in [0.1, 0.15) is 12.2 Å². The van der Waals surface area contributed by atoms with Crippen LogP contribution in [0.15, 0.2) is 0 Å². The van der Waals surface area contributed by atoms with Gasteiger partial charge in [-0.3, -0.25) is 9.35 Å². The predicted octanol–water partition coefficient (Wildman–Crippen LogP) is -0.131. The van der Waals surface area contributed by atoms with Crippen molar-refractivity contribution < 1.29 is 50.7 Å². The maximum absolute atomic E-state index is 13.5. The van der Waals surface area contributed by atoms with Crippen LogP contribution >= 0.6 is 0 Å². The summed E-state index contributed by atoms with van der Waals surface area (Å²) in [6, 6.07) is 0. The molecule has 0 aromatic carbocycles. The number of rotatable bonds is 6. The first-order valence-corrected chi connectivity index (χ1v) is 9.47. The van der Waals surface area contributed by atoms with Crippen molar-refractivity contribution in [3.63, 3.8) is 0 Å². The number of alkyl halides is 2. The lowest BCUT2D eigenvalue weighted by Gasteiger charge is -2.39. The van der Waals surface area contributed by atoms with Gasteiger partial charge in [-0.15, -0.1) is 0 Å². The molecule has 148 valence electrons. The molecule has 12 heteroatoms. The molecule has 0 aromatic rings. The first-order valence-electron chi connectivity index (χ1n) is 8.03. The number of hydrogen-bond acceptors (Lipinski definition) is 8. The lowest BCUT2D eigenvalue weighted by Crippen LogP contribution is -2.55. The van der Waals surface area contributed by atoms with Crippen LogP contribution in [0.1, 0.15) is 26.7 Å². The van der Waals surface area contributed by atoms with Crippen LogP contribution < -0.4 is 0 Å². The van der Waals surface area contributed by atoms with E-state index in [-0.39, 0.29) is 12.8 Å². The van der Waals surface area contributed by atoms with Crippen molar-refractivity contribution in [3.05, 3.63) is 0 Å². The minimum atomic E-state index is -6.04. The highest BCUT2D eigenvalue weighted by Gasteiger charge is 2.73. The first-order chi connectivity index (χ1) is 11.9. The standard InChI is InChI=1S/C14H18F2O9S/c1-3-13(19,4-2)6-5-7-9(24-11(5)17)10(8(6)23-7)25-12(18)14(15,16)26(20,21)22/h5-10,19H,3-4H2,1-2H3,(H,20,21,22). The van der Waals surface area contributed by atoms with Crippen LogP contribution in [0, 0.1) is 11.8 Å². The fraction of sp³-hybridized carbons (Fsp3) is 0.857. The zero-order valence-corrected chi connectivity index (χ0v) is 14.6. The summed E-state index contributed by atoms with van der Waals surface area (Å²) in [5.41, 5.74) is -1.39. The van der Waals surface area contributed by atoms with Gasteiger partial charge in [0.15, 0.2) is 12.2 Å². The monoisotopic (exact) mass is 400 g/mol. The third-order valence-electron chi connectivity index (χ3n) is 5.55. The summed E-state index contributed by atoms with van der Waals surface area (Å²) in [6.07, 6.45) is -4.26. The summed E-state index contributed by atoms with van der Waals surface area (Å²) in [7, 11) is -6.04. The quantitative estimate of drug-likeness (QED) is 0.461. The van der Waals surface area contributed by atoms with Crippen LogP contribution in [0.2, 0.25) is 0 Å². The van der Waals surface area contributed by atoms with Gasteiger partial charge < -0.3 is 19.3 Å². The van der Waals surface area contributed by atoms with Crippen LogP contribution in [0.25, 0.3) is 0 Å². The predicted molar refractivity (Wildman–Crippen MR) is 77.4 cm³/mol. The number of esters is 2. The maximum atomic E-state index is 13.5. The third-order valence-corrected chi connectivity index (χ3v) is 6.37. The van der Waals surface area contributed by atoms with Gasteiger partial charge in [0.2, 0.25) is 0 Å². The fourth-order valence-corrected chi connectivity index (χ4v) is 4.38. The molecule has 0 aliphatic carbocycles. The topological polar surface area (TPSA) is 136 Å². The van der Waals surface area contributed by atoms with E-state index in [2.05, 4.69) is 4.74 Å². The van der Waals surface area contributed by atoms with E-state index in [0.29, 0.717) is 0 Å². The van der Waals surface area contributed by atoms with E-state index in [4.69, 9.17) is 14.0 Å². The Hall–Kier alpha value is -1.37. The number of fused-ring (bicyclic) bond motifs is 1. The number of carbonyl (C=O) groups is 2. The normalized spacial score (nSPS) is 36.3. The summed E-state index contributed by atoms with van der Waals surface area (Å²) in [5, 5.41) is 5.63.